The van der Waals surface area contributed by atoms with Crippen LogP contribution in [-0.2, 0) is 10.0 Å². The first-order valence-electron chi connectivity index (χ1n) is 5.23. The van der Waals surface area contributed by atoms with Gasteiger partial charge in [0.15, 0.2) is 0 Å². The standard InChI is InChI=1S/C11H11ClN4O2S/c1-7-10(12)2-9(3-11(7)13)19(17,18)16-8-4-14-6-15-5-8/h2-6,16H,13H2,1H3. The monoisotopic (exact) mass is 298 g/mol. The van der Waals surface area contributed by atoms with Gasteiger partial charge in [0, 0.05) is 10.7 Å². The molecule has 6 nitrogen and oxygen atoms in total. The molecular formula is C11H11ClN4O2S. The van der Waals surface area contributed by atoms with Crippen molar-refractivity contribution in [3.63, 3.8) is 0 Å². The number of nitrogen functional groups attached to an aromatic ring is 1. The lowest BCUT2D eigenvalue weighted by atomic mass is 10.2. The van der Waals surface area contributed by atoms with Gasteiger partial charge in [-0.2, -0.15) is 0 Å². The molecule has 0 amide bonds. The molecule has 1 aromatic carbocycles. The van der Waals surface area contributed by atoms with Crippen molar-refractivity contribution in [2.24, 2.45) is 0 Å². The Morgan fingerprint density at radius 3 is 2.47 bits per heavy atom. The Kier molecular flexibility index (Phi) is 3.59. The second kappa shape index (κ2) is 5.02. The van der Waals surface area contributed by atoms with Crippen LogP contribution in [0.4, 0.5) is 11.4 Å². The minimum atomic E-state index is -3.77. The molecular weight excluding hydrogens is 288 g/mol. The predicted octanol–water partition coefficient (Wildman–Crippen LogP) is 1.82. The maximum Gasteiger partial charge on any atom is 0.262 e. The molecule has 8 heteroatoms. The summed E-state index contributed by atoms with van der Waals surface area (Å²) in [5.41, 5.74) is 6.93. The summed E-state index contributed by atoms with van der Waals surface area (Å²) in [4.78, 5) is 7.44. The van der Waals surface area contributed by atoms with E-state index in [4.69, 9.17) is 17.3 Å². The van der Waals surface area contributed by atoms with Gasteiger partial charge in [0.25, 0.3) is 10.0 Å². The van der Waals surface area contributed by atoms with E-state index in [1.807, 2.05) is 0 Å². The summed E-state index contributed by atoms with van der Waals surface area (Å²) < 4.78 is 26.6. The zero-order valence-electron chi connectivity index (χ0n) is 9.96. The van der Waals surface area contributed by atoms with E-state index in [0.29, 0.717) is 16.3 Å². The van der Waals surface area contributed by atoms with Crippen LogP contribution >= 0.6 is 11.6 Å². The number of aromatic nitrogens is 2. The molecule has 0 unspecified atom stereocenters. The average molecular weight is 299 g/mol. The second-order valence-electron chi connectivity index (χ2n) is 3.85. The first kappa shape index (κ1) is 13.6. The Morgan fingerprint density at radius 2 is 1.89 bits per heavy atom. The Bertz CT molecular complexity index is 681. The van der Waals surface area contributed by atoms with Crippen LogP contribution in [0.1, 0.15) is 5.56 Å². The van der Waals surface area contributed by atoms with Gasteiger partial charge >= 0.3 is 0 Å². The van der Waals surface area contributed by atoms with E-state index in [1.54, 1.807) is 6.92 Å². The van der Waals surface area contributed by atoms with Gasteiger partial charge in [0.05, 0.1) is 23.0 Å². The number of hydrogen-bond donors (Lipinski definition) is 2. The first-order valence-corrected chi connectivity index (χ1v) is 7.10. The summed E-state index contributed by atoms with van der Waals surface area (Å²) in [5, 5.41) is 0.296. The molecule has 0 atom stereocenters. The van der Waals surface area contributed by atoms with Crippen LogP contribution in [0.3, 0.4) is 0 Å². The summed E-state index contributed by atoms with van der Waals surface area (Å²) >= 11 is 5.93. The van der Waals surface area contributed by atoms with E-state index in [1.165, 1.54) is 30.9 Å². The van der Waals surface area contributed by atoms with Crippen molar-refractivity contribution in [2.75, 3.05) is 10.5 Å². The third-order valence-electron chi connectivity index (χ3n) is 2.48. The molecule has 100 valence electrons. The fourth-order valence-corrected chi connectivity index (χ4v) is 2.78. The first-order chi connectivity index (χ1) is 8.90. The van der Waals surface area contributed by atoms with E-state index in [0.717, 1.165) is 0 Å². The molecule has 0 bridgehead atoms. The van der Waals surface area contributed by atoms with Crippen LogP contribution in [0, 0.1) is 6.92 Å². The van der Waals surface area contributed by atoms with Crippen molar-refractivity contribution in [3.05, 3.63) is 41.4 Å². The zero-order valence-corrected chi connectivity index (χ0v) is 11.5. The van der Waals surface area contributed by atoms with Gasteiger partial charge in [-0.1, -0.05) is 11.6 Å². The third kappa shape index (κ3) is 2.94. The zero-order chi connectivity index (χ0) is 14.0. The van der Waals surface area contributed by atoms with E-state index in [9.17, 15) is 8.42 Å². The molecule has 3 N–H and O–H groups in total. The molecule has 2 aromatic rings. The van der Waals surface area contributed by atoms with Crippen LogP contribution in [0.15, 0.2) is 35.7 Å². The van der Waals surface area contributed by atoms with Gasteiger partial charge in [0.2, 0.25) is 0 Å². The topological polar surface area (TPSA) is 98.0 Å². The lowest BCUT2D eigenvalue weighted by molar-refractivity contribution is 0.601. The van der Waals surface area contributed by atoms with Crippen LogP contribution in [0.2, 0.25) is 5.02 Å². The summed E-state index contributed by atoms with van der Waals surface area (Å²) in [6.45, 7) is 1.71. The van der Waals surface area contributed by atoms with Crippen molar-refractivity contribution >= 4 is 33.0 Å². The summed E-state index contributed by atoms with van der Waals surface area (Å²) in [6, 6.07) is 2.70. The van der Waals surface area contributed by atoms with Gasteiger partial charge in [-0.3, -0.25) is 4.72 Å². The van der Waals surface area contributed by atoms with E-state index in [-0.39, 0.29) is 10.6 Å². The molecule has 0 fully saturated rings. The third-order valence-corrected chi connectivity index (χ3v) is 4.23. The van der Waals surface area contributed by atoms with Crippen molar-refractivity contribution in [3.8, 4) is 0 Å². The highest BCUT2D eigenvalue weighted by molar-refractivity contribution is 7.92. The number of anilines is 2. The molecule has 0 saturated carbocycles. The fourth-order valence-electron chi connectivity index (χ4n) is 1.40. The number of sulfonamides is 1. The van der Waals surface area contributed by atoms with Gasteiger partial charge < -0.3 is 5.73 Å². The van der Waals surface area contributed by atoms with Crippen molar-refractivity contribution in [1.82, 2.24) is 9.97 Å². The van der Waals surface area contributed by atoms with Crippen LogP contribution in [-0.4, -0.2) is 18.4 Å². The number of nitrogens with one attached hydrogen (secondary N) is 1. The van der Waals surface area contributed by atoms with Crippen molar-refractivity contribution in [1.29, 1.82) is 0 Å². The molecule has 0 aliphatic rings. The lowest BCUT2D eigenvalue weighted by Crippen LogP contribution is -2.14. The molecule has 0 spiro atoms. The molecule has 0 aliphatic carbocycles. The highest BCUT2D eigenvalue weighted by Crippen LogP contribution is 2.26. The highest BCUT2D eigenvalue weighted by Gasteiger charge is 2.17. The Morgan fingerprint density at radius 1 is 1.26 bits per heavy atom. The maximum atomic E-state index is 12.1. The van der Waals surface area contributed by atoms with Gasteiger partial charge in [-0.15, -0.1) is 0 Å². The average Bonchev–Trinajstić information content (AvgIpc) is 2.36. The number of benzene rings is 1. The van der Waals surface area contributed by atoms with Gasteiger partial charge in [-0.05, 0) is 24.6 Å². The summed E-state index contributed by atoms with van der Waals surface area (Å²) in [6.07, 6.45) is 4.01. The maximum absolute atomic E-state index is 12.1. The SMILES string of the molecule is Cc1c(N)cc(S(=O)(=O)Nc2cncnc2)cc1Cl. The normalized spacial score (nSPS) is 11.3. The number of rotatable bonds is 3. The van der Waals surface area contributed by atoms with Crippen LogP contribution in [0.5, 0.6) is 0 Å². The van der Waals surface area contributed by atoms with Gasteiger partial charge in [-0.25, -0.2) is 18.4 Å². The number of nitrogens with zero attached hydrogens (tertiary/aromatic N) is 2. The second-order valence-corrected chi connectivity index (χ2v) is 5.94. The van der Waals surface area contributed by atoms with Gasteiger partial charge in [0.1, 0.15) is 6.33 Å². The molecule has 0 radical (unpaired) electrons. The number of nitrogens with two attached hydrogens (primary N) is 1. The number of halogens is 1. The molecule has 19 heavy (non-hydrogen) atoms. The van der Waals surface area contributed by atoms with E-state index < -0.39 is 10.0 Å². The summed E-state index contributed by atoms with van der Waals surface area (Å²) in [5.74, 6) is 0. The summed E-state index contributed by atoms with van der Waals surface area (Å²) in [7, 11) is -3.77. The molecule has 1 aromatic heterocycles. The van der Waals surface area contributed by atoms with E-state index in [2.05, 4.69) is 14.7 Å². The smallest absolute Gasteiger partial charge is 0.262 e. The molecule has 0 saturated heterocycles. The lowest BCUT2D eigenvalue weighted by Gasteiger charge is -2.10. The van der Waals surface area contributed by atoms with Crippen LogP contribution in [0.25, 0.3) is 0 Å². The Labute approximate surface area is 115 Å². The quantitative estimate of drug-likeness (QED) is 0.842. The molecule has 1 heterocycles. The number of hydrogen-bond acceptors (Lipinski definition) is 5. The highest BCUT2D eigenvalue weighted by atomic mass is 35.5. The van der Waals surface area contributed by atoms with Crippen molar-refractivity contribution in [2.45, 2.75) is 11.8 Å². The Balaban J connectivity index is 2.40. The fraction of sp³-hybridized carbons (Fsp3) is 0.0909. The predicted molar refractivity (Wildman–Crippen MR) is 73.4 cm³/mol. The van der Waals surface area contributed by atoms with Crippen molar-refractivity contribution < 1.29 is 8.42 Å². The minimum Gasteiger partial charge on any atom is -0.398 e. The van der Waals surface area contributed by atoms with E-state index >= 15 is 0 Å². The largest absolute Gasteiger partial charge is 0.398 e. The molecule has 2 rings (SSSR count). The molecule has 0 aliphatic heterocycles. The minimum absolute atomic E-state index is 0.00977. The Hall–Kier alpha value is -1.86. The van der Waals surface area contributed by atoms with Crippen LogP contribution < -0.4 is 10.5 Å².